The van der Waals surface area contributed by atoms with Crippen LogP contribution in [-0.2, 0) is 6.42 Å². The Labute approximate surface area is 130 Å². The molecule has 1 aromatic carbocycles. The number of hydrogen-bond acceptors (Lipinski definition) is 6. The topological polar surface area (TPSA) is 90.5 Å². The Morgan fingerprint density at radius 3 is 2.36 bits per heavy atom. The monoisotopic (exact) mass is 305 g/mol. The highest BCUT2D eigenvalue weighted by Gasteiger charge is 2.12. The smallest absolute Gasteiger partial charge is 0.220 e. The first-order valence-corrected chi connectivity index (χ1v) is 7.48. The highest BCUT2D eigenvalue weighted by molar-refractivity contribution is 5.85. The third-order valence-corrected chi connectivity index (χ3v) is 3.62. The van der Waals surface area contributed by atoms with Gasteiger partial charge in [-0.15, -0.1) is 0 Å². The lowest BCUT2D eigenvalue weighted by molar-refractivity contribution is 0.282. The van der Waals surface area contributed by atoms with Gasteiger partial charge in [0.1, 0.15) is 0 Å². The Kier molecular flexibility index (Phi) is 5.77. The molecule has 0 saturated carbocycles. The molecule has 22 heavy (non-hydrogen) atoms. The number of anilines is 1. The number of ether oxygens (including phenoxy) is 2. The number of nitrogens with two attached hydrogens (primary N) is 1. The van der Waals surface area contributed by atoms with E-state index in [2.05, 4.69) is 9.97 Å². The molecule has 0 unspecified atom stereocenters. The molecule has 0 aliphatic carbocycles. The van der Waals surface area contributed by atoms with Gasteiger partial charge in [-0.1, -0.05) is 12.8 Å². The number of fused-ring (bicyclic) bond motifs is 1. The van der Waals surface area contributed by atoms with E-state index in [9.17, 15) is 0 Å². The molecule has 0 aliphatic rings. The minimum atomic E-state index is 0.250. The van der Waals surface area contributed by atoms with Gasteiger partial charge in [0.25, 0.3) is 0 Å². The van der Waals surface area contributed by atoms with E-state index in [0.29, 0.717) is 11.5 Å². The number of rotatable bonds is 8. The van der Waals surface area contributed by atoms with E-state index >= 15 is 0 Å². The van der Waals surface area contributed by atoms with Crippen molar-refractivity contribution in [1.29, 1.82) is 0 Å². The van der Waals surface area contributed by atoms with E-state index in [0.717, 1.165) is 48.7 Å². The van der Waals surface area contributed by atoms with Crippen LogP contribution in [0.25, 0.3) is 10.9 Å². The summed E-state index contributed by atoms with van der Waals surface area (Å²) in [6.07, 6.45) is 4.74. The summed E-state index contributed by atoms with van der Waals surface area (Å²) < 4.78 is 10.6. The summed E-state index contributed by atoms with van der Waals surface area (Å²) in [6.45, 7) is 0.250. The van der Waals surface area contributed by atoms with Crippen LogP contribution in [0, 0.1) is 0 Å². The lowest BCUT2D eigenvalue weighted by atomic mass is 10.1. The van der Waals surface area contributed by atoms with Crippen LogP contribution in [0.3, 0.4) is 0 Å². The fourth-order valence-corrected chi connectivity index (χ4v) is 2.49. The van der Waals surface area contributed by atoms with Gasteiger partial charge < -0.3 is 20.3 Å². The molecule has 1 aromatic heterocycles. The molecule has 0 fully saturated rings. The normalized spacial score (nSPS) is 10.9. The zero-order chi connectivity index (χ0) is 15.9. The number of aryl methyl sites for hydroxylation is 1. The fourth-order valence-electron chi connectivity index (χ4n) is 2.49. The Morgan fingerprint density at radius 2 is 1.68 bits per heavy atom. The predicted octanol–water partition coefficient (Wildman–Crippen LogP) is 2.32. The molecule has 6 nitrogen and oxygen atoms in total. The molecule has 0 saturated heterocycles. The van der Waals surface area contributed by atoms with Crippen LogP contribution < -0.4 is 15.2 Å². The number of unbranched alkanes of at least 4 members (excludes halogenated alkanes) is 3. The lowest BCUT2D eigenvalue weighted by Crippen LogP contribution is -2.02. The molecule has 6 heteroatoms. The van der Waals surface area contributed by atoms with Gasteiger partial charge in [0.2, 0.25) is 5.95 Å². The molecular weight excluding hydrogens is 282 g/mol. The van der Waals surface area contributed by atoms with Gasteiger partial charge in [-0.2, -0.15) is 0 Å². The molecular formula is C16H23N3O3. The first kappa shape index (κ1) is 16.3. The Morgan fingerprint density at radius 1 is 1.00 bits per heavy atom. The van der Waals surface area contributed by atoms with Gasteiger partial charge in [0.15, 0.2) is 11.5 Å². The maximum Gasteiger partial charge on any atom is 0.220 e. The number of aliphatic hydroxyl groups is 1. The molecule has 1 heterocycles. The van der Waals surface area contributed by atoms with E-state index in [1.165, 1.54) is 0 Å². The van der Waals surface area contributed by atoms with Crippen LogP contribution in [0.5, 0.6) is 11.5 Å². The summed E-state index contributed by atoms with van der Waals surface area (Å²) in [5.74, 6) is 1.55. The van der Waals surface area contributed by atoms with Crippen molar-refractivity contribution in [2.24, 2.45) is 0 Å². The number of methoxy groups -OCH3 is 2. The first-order valence-electron chi connectivity index (χ1n) is 7.48. The summed E-state index contributed by atoms with van der Waals surface area (Å²) in [4.78, 5) is 8.65. The molecule has 2 aromatic rings. The van der Waals surface area contributed by atoms with Crippen LogP contribution >= 0.6 is 0 Å². The number of aliphatic hydroxyl groups excluding tert-OH is 1. The molecule has 2 rings (SSSR count). The summed E-state index contributed by atoms with van der Waals surface area (Å²) >= 11 is 0. The molecule has 0 amide bonds. The molecule has 3 N–H and O–H groups in total. The minimum Gasteiger partial charge on any atom is -0.493 e. The van der Waals surface area contributed by atoms with Crippen molar-refractivity contribution in [3.05, 3.63) is 17.8 Å². The van der Waals surface area contributed by atoms with Crippen molar-refractivity contribution >= 4 is 16.9 Å². The number of aromatic nitrogens is 2. The second-order valence-corrected chi connectivity index (χ2v) is 5.14. The summed E-state index contributed by atoms with van der Waals surface area (Å²) in [5, 5.41) is 9.74. The van der Waals surface area contributed by atoms with E-state index in [4.69, 9.17) is 20.3 Å². The van der Waals surface area contributed by atoms with Crippen molar-refractivity contribution in [1.82, 2.24) is 9.97 Å². The molecule has 0 spiro atoms. The zero-order valence-electron chi connectivity index (χ0n) is 13.1. The van der Waals surface area contributed by atoms with Crippen molar-refractivity contribution in [3.63, 3.8) is 0 Å². The maximum absolute atomic E-state index is 8.80. The first-order chi connectivity index (χ1) is 10.7. The Bertz CT molecular complexity index is 632. The van der Waals surface area contributed by atoms with E-state index in [-0.39, 0.29) is 12.6 Å². The highest BCUT2D eigenvalue weighted by Crippen LogP contribution is 2.33. The quantitative estimate of drug-likeness (QED) is 0.727. The number of nitrogen functional groups attached to an aromatic ring is 1. The maximum atomic E-state index is 8.80. The standard InChI is InChI=1S/C16H23N3O3/c1-21-14-9-11-12(7-5-3-4-6-8-20)18-16(17)19-13(11)10-15(14)22-2/h9-10,20H,3-8H2,1-2H3,(H2,17,18,19). The van der Waals surface area contributed by atoms with Gasteiger partial charge in [-0.3, -0.25) is 0 Å². The zero-order valence-corrected chi connectivity index (χ0v) is 13.1. The van der Waals surface area contributed by atoms with E-state index in [1.54, 1.807) is 14.2 Å². The summed E-state index contributed by atoms with van der Waals surface area (Å²) in [6, 6.07) is 3.72. The van der Waals surface area contributed by atoms with Crippen molar-refractivity contribution in [2.75, 3.05) is 26.6 Å². The molecule has 120 valence electrons. The lowest BCUT2D eigenvalue weighted by Gasteiger charge is -2.11. The van der Waals surface area contributed by atoms with E-state index < -0.39 is 0 Å². The van der Waals surface area contributed by atoms with Gasteiger partial charge >= 0.3 is 0 Å². The highest BCUT2D eigenvalue weighted by atomic mass is 16.5. The second-order valence-electron chi connectivity index (χ2n) is 5.14. The average molecular weight is 305 g/mol. The van der Waals surface area contributed by atoms with Crippen molar-refractivity contribution in [3.8, 4) is 11.5 Å². The average Bonchev–Trinajstić information content (AvgIpc) is 2.53. The third-order valence-electron chi connectivity index (χ3n) is 3.62. The second kappa shape index (κ2) is 7.79. The molecule has 0 radical (unpaired) electrons. The number of nitrogens with zero attached hydrogens (tertiary/aromatic N) is 2. The van der Waals surface area contributed by atoms with Gasteiger partial charge in [-0.25, -0.2) is 9.97 Å². The summed E-state index contributed by atoms with van der Waals surface area (Å²) in [7, 11) is 3.20. The van der Waals surface area contributed by atoms with Crippen LogP contribution in [0.15, 0.2) is 12.1 Å². The Balaban J connectivity index is 2.28. The molecule has 0 atom stereocenters. The minimum absolute atomic E-state index is 0.250. The van der Waals surface area contributed by atoms with Crippen LogP contribution in [-0.4, -0.2) is 35.9 Å². The van der Waals surface area contributed by atoms with Crippen LogP contribution in [0.1, 0.15) is 31.4 Å². The van der Waals surface area contributed by atoms with E-state index in [1.807, 2.05) is 12.1 Å². The largest absolute Gasteiger partial charge is 0.493 e. The number of benzene rings is 1. The molecule has 0 aliphatic heterocycles. The fraction of sp³-hybridized carbons (Fsp3) is 0.500. The SMILES string of the molecule is COc1cc2nc(N)nc(CCCCCCO)c2cc1OC. The third kappa shape index (κ3) is 3.76. The number of hydrogen-bond donors (Lipinski definition) is 2. The summed E-state index contributed by atoms with van der Waals surface area (Å²) in [5.41, 5.74) is 7.49. The van der Waals surface area contributed by atoms with Gasteiger partial charge in [0.05, 0.1) is 25.4 Å². The van der Waals surface area contributed by atoms with Crippen LogP contribution in [0.2, 0.25) is 0 Å². The van der Waals surface area contributed by atoms with Gasteiger partial charge in [-0.05, 0) is 25.3 Å². The van der Waals surface area contributed by atoms with Gasteiger partial charge in [0, 0.05) is 18.1 Å². The predicted molar refractivity (Wildman–Crippen MR) is 86.3 cm³/mol. The molecule has 0 bridgehead atoms. The Hall–Kier alpha value is -2.08. The van der Waals surface area contributed by atoms with Crippen LogP contribution in [0.4, 0.5) is 5.95 Å². The van der Waals surface area contributed by atoms with Crippen molar-refractivity contribution in [2.45, 2.75) is 32.1 Å². The van der Waals surface area contributed by atoms with Crippen molar-refractivity contribution < 1.29 is 14.6 Å².